The van der Waals surface area contributed by atoms with Gasteiger partial charge in [-0.05, 0) is 53.2 Å². The molecule has 0 spiro atoms. The highest BCUT2D eigenvalue weighted by molar-refractivity contribution is 9.10. The van der Waals surface area contributed by atoms with Gasteiger partial charge in [-0.3, -0.25) is 10.1 Å². The van der Waals surface area contributed by atoms with Crippen molar-refractivity contribution in [3.05, 3.63) is 62.1 Å². The standard InChI is InChI=1S/C15H15BrN2O3/c1-10-4-3-5-13(18(19)20)15(10)21-14-7-6-11(9-17-2)8-12(14)16/h3-8,17H,9H2,1-2H3. The fraction of sp³-hybridized carbons (Fsp3) is 0.200. The van der Waals surface area contributed by atoms with Gasteiger partial charge >= 0.3 is 5.69 Å². The molecule has 0 aliphatic heterocycles. The van der Waals surface area contributed by atoms with E-state index in [2.05, 4.69) is 21.2 Å². The van der Waals surface area contributed by atoms with E-state index in [0.717, 1.165) is 22.1 Å². The number of hydrogen-bond donors (Lipinski definition) is 1. The third kappa shape index (κ3) is 3.59. The molecule has 0 aliphatic carbocycles. The van der Waals surface area contributed by atoms with Crippen LogP contribution in [0, 0.1) is 17.0 Å². The Morgan fingerprint density at radius 2 is 2.10 bits per heavy atom. The molecule has 5 nitrogen and oxygen atoms in total. The van der Waals surface area contributed by atoms with Crippen molar-refractivity contribution in [3.8, 4) is 11.5 Å². The summed E-state index contributed by atoms with van der Waals surface area (Å²) in [6.07, 6.45) is 0. The van der Waals surface area contributed by atoms with E-state index >= 15 is 0 Å². The molecular weight excluding hydrogens is 336 g/mol. The zero-order chi connectivity index (χ0) is 15.4. The molecule has 0 saturated carbocycles. The number of ether oxygens (including phenoxy) is 1. The Bertz CT molecular complexity index is 674. The molecule has 0 saturated heterocycles. The maximum absolute atomic E-state index is 11.1. The number of halogens is 1. The van der Waals surface area contributed by atoms with Crippen LogP contribution in [0.5, 0.6) is 11.5 Å². The van der Waals surface area contributed by atoms with E-state index in [1.807, 2.05) is 19.2 Å². The lowest BCUT2D eigenvalue weighted by molar-refractivity contribution is -0.385. The molecule has 110 valence electrons. The molecule has 0 aromatic heterocycles. The molecular formula is C15H15BrN2O3. The van der Waals surface area contributed by atoms with E-state index in [1.165, 1.54) is 6.07 Å². The first-order valence-corrected chi connectivity index (χ1v) is 7.17. The summed E-state index contributed by atoms with van der Waals surface area (Å²) in [5, 5.41) is 14.2. The van der Waals surface area contributed by atoms with Crippen LogP contribution in [0.3, 0.4) is 0 Å². The van der Waals surface area contributed by atoms with Crippen molar-refractivity contribution in [1.82, 2.24) is 5.32 Å². The SMILES string of the molecule is CNCc1ccc(Oc2c(C)cccc2[N+](=O)[O-])c(Br)c1. The number of benzene rings is 2. The van der Waals surface area contributed by atoms with Crippen molar-refractivity contribution in [2.24, 2.45) is 0 Å². The maximum Gasteiger partial charge on any atom is 0.311 e. The van der Waals surface area contributed by atoms with Crippen molar-refractivity contribution in [2.75, 3.05) is 7.05 Å². The first-order chi connectivity index (χ1) is 10.0. The summed E-state index contributed by atoms with van der Waals surface area (Å²) in [7, 11) is 1.87. The van der Waals surface area contributed by atoms with E-state index in [9.17, 15) is 10.1 Å². The predicted octanol–water partition coefficient (Wildman–Crippen LogP) is 4.18. The Kier molecular flexibility index (Phi) is 4.93. The van der Waals surface area contributed by atoms with E-state index in [-0.39, 0.29) is 11.4 Å². The molecule has 0 atom stereocenters. The van der Waals surface area contributed by atoms with Gasteiger partial charge in [0.05, 0.1) is 9.40 Å². The van der Waals surface area contributed by atoms with Crippen LogP contribution in [0.1, 0.15) is 11.1 Å². The van der Waals surface area contributed by atoms with Gasteiger partial charge in [-0.25, -0.2) is 0 Å². The minimum Gasteiger partial charge on any atom is -0.449 e. The van der Waals surface area contributed by atoms with Gasteiger partial charge in [0.25, 0.3) is 0 Å². The van der Waals surface area contributed by atoms with Crippen LogP contribution in [0.2, 0.25) is 0 Å². The molecule has 2 aromatic carbocycles. The molecule has 0 unspecified atom stereocenters. The Hall–Kier alpha value is -1.92. The van der Waals surface area contributed by atoms with Crippen LogP contribution in [0.15, 0.2) is 40.9 Å². The molecule has 6 heteroatoms. The first kappa shape index (κ1) is 15.5. The van der Waals surface area contributed by atoms with Gasteiger partial charge in [0.1, 0.15) is 5.75 Å². The monoisotopic (exact) mass is 350 g/mol. The number of aryl methyl sites for hydroxylation is 1. The molecule has 0 amide bonds. The minimum absolute atomic E-state index is 0.0406. The topological polar surface area (TPSA) is 64.4 Å². The third-order valence-electron chi connectivity index (χ3n) is 2.98. The second-order valence-corrected chi connectivity index (χ2v) is 5.43. The predicted molar refractivity (Wildman–Crippen MR) is 84.8 cm³/mol. The molecule has 0 radical (unpaired) electrons. The van der Waals surface area contributed by atoms with E-state index < -0.39 is 4.92 Å². The first-order valence-electron chi connectivity index (χ1n) is 6.38. The van der Waals surface area contributed by atoms with Crippen molar-refractivity contribution < 1.29 is 9.66 Å². The van der Waals surface area contributed by atoms with Gasteiger partial charge in [-0.1, -0.05) is 18.2 Å². The Morgan fingerprint density at radius 3 is 2.71 bits per heavy atom. The number of nitrogens with zero attached hydrogens (tertiary/aromatic N) is 1. The lowest BCUT2D eigenvalue weighted by Gasteiger charge is -2.11. The van der Waals surface area contributed by atoms with Crippen LogP contribution in [0.25, 0.3) is 0 Å². The van der Waals surface area contributed by atoms with Crippen molar-refractivity contribution >= 4 is 21.6 Å². The minimum atomic E-state index is -0.439. The van der Waals surface area contributed by atoms with Gasteiger partial charge in [-0.15, -0.1) is 0 Å². The van der Waals surface area contributed by atoms with Crippen molar-refractivity contribution in [2.45, 2.75) is 13.5 Å². The summed E-state index contributed by atoms with van der Waals surface area (Å²) in [5.41, 5.74) is 1.77. The number of nitro benzene ring substituents is 1. The van der Waals surface area contributed by atoms with Crippen LogP contribution in [-0.2, 0) is 6.54 Å². The number of nitro groups is 1. The smallest absolute Gasteiger partial charge is 0.311 e. The van der Waals surface area contributed by atoms with Gasteiger partial charge < -0.3 is 10.1 Å². The lowest BCUT2D eigenvalue weighted by atomic mass is 10.2. The second kappa shape index (κ2) is 6.69. The molecule has 0 fully saturated rings. The highest BCUT2D eigenvalue weighted by Crippen LogP contribution is 2.37. The molecule has 1 N–H and O–H groups in total. The highest BCUT2D eigenvalue weighted by Gasteiger charge is 2.18. The Labute approximate surface area is 131 Å². The highest BCUT2D eigenvalue weighted by atomic mass is 79.9. The van der Waals surface area contributed by atoms with Crippen molar-refractivity contribution in [3.63, 3.8) is 0 Å². The van der Waals surface area contributed by atoms with Gasteiger partial charge in [-0.2, -0.15) is 0 Å². The number of hydrogen-bond acceptors (Lipinski definition) is 4. The average Bonchev–Trinajstić information content (AvgIpc) is 2.43. The van der Waals surface area contributed by atoms with Crippen LogP contribution >= 0.6 is 15.9 Å². The summed E-state index contributed by atoms with van der Waals surface area (Å²) in [5.74, 6) is 0.816. The maximum atomic E-state index is 11.1. The summed E-state index contributed by atoms with van der Waals surface area (Å²) in [6, 6.07) is 10.5. The number of nitrogens with one attached hydrogen (secondary N) is 1. The van der Waals surface area contributed by atoms with E-state index in [4.69, 9.17) is 4.74 Å². The van der Waals surface area contributed by atoms with Crippen LogP contribution in [0.4, 0.5) is 5.69 Å². The van der Waals surface area contributed by atoms with Crippen LogP contribution in [-0.4, -0.2) is 12.0 Å². The Morgan fingerprint density at radius 1 is 1.33 bits per heavy atom. The van der Waals surface area contributed by atoms with Gasteiger partial charge in [0.2, 0.25) is 5.75 Å². The quantitative estimate of drug-likeness (QED) is 0.648. The van der Waals surface area contributed by atoms with E-state index in [1.54, 1.807) is 25.1 Å². The number of rotatable bonds is 5. The second-order valence-electron chi connectivity index (χ2n) is 4.58. The molecule has 2 aromatic rings. The summed E-state index contributed by atoms with van der Waals surface area (Å²) in [6.45, 7) is 2.52. The molecule has 0 aliphatic rings. The fourth-order valence-electron chi connectivity index (χ4n) is 1.96. The number of para-hydroxylation sites is 1. The van der Waals surface area contributed by atoms with Crippen LogP contribution < -0.4 is 10.1 Å². The Balaban J connectivity index is 2.37. The van der Waals surface area contributed by atoms with E-state index in [0.29, 0.717) is 5.75 Å². The van der Waals surface area contributed by atoms with Gasteiger partial charge in [0, 0.05) is 12.6 Å². The fourth-order valence-corrected chi connectivity index (χ4v) is 2.47. The molecule has 21 heavy (non-hydrogen) atoms. The third-order valence-corrected chi connectivity index (χ3v) is 3.60. The summed E-state index contributed by atoms with van der Waals surface area (Å²) < 4.78 is 6.51. The average molecular weight is 351 g/mol. The van der Waals surface area contributed by atoms with Gasteiger partial charge in [0.15, 0.2) is 0 Å². The summed E-state index contributed by atoms with van der Waals surface area (Å²) in [4.78, 5) is 10.7. The largest absolute Gasteiger partial charge is 0.449 e. The summed E-state index contributed by atoms with van der Waals surface area (Å²) >= 11 is 3.44. The lowest BCUT2D eigenvalue weighted by Crippen LogP contribution is -2.04. The molecule has 0 bridgehead atoms. The molecule has 2 rings (SSSR count). The van der Waals surface area contributed by atoms with Crippen molar-refractivity contribution in [1.29, 1.82) is 0 Å². The molecule has 0 heterocycles. The normalized spacial score (nSPS) is 10.4. The zero-order valence-electron chi connectivity index (χ0n) is 11.7. The zero-order valence-corrected chi connectivity index (χ0v) is 13.3.